The fourth-order valence-corrected chi connectivity index (χ4v) is 3.53. The Hall–Kier alpha value is -3.29. The van der Waals surface area contributed by atoms with E-state index < -0.39 is 0 Å². The van der Waals surface area contributed by atoms with Crippen LogP contribution in [0.2, 0.25) is 0 Å². The number of aromatic nitrogens is 5. The van der Waals surface area contributed by atoms with Gasteiger partial charge in [-0.05, 0) is 42.3 Å². The van der Waals surface area contributed by atoms with Crippen LogP contribution in [0.4, 0.5) is 5.69 Å². The number of tetrazole rings is 1. The number of pyridine rings is 1. The highest BCUT2D eigenvalue weighted by Gasteiger charge is 2.21. The second kappa shape index (κ2) is 7.75. The molecule has 0 spiro atoms. The Kier molecular flexibility index (Phi) is 5.01. The van der Waals surface area contributed by atoms with Crippen molar-refractivity contribution in [3.8, 4) is 11.4 Å². The number of carbonyl (C=O) groups is 1. The van der Waals surface area contributed by atoms with Gasteiger partial charge in [0.2, 0.25) is 5.82 Å². The van der Waals surface area contributed by atoms with Crippen LogP contribution in [-0.2, 0) is 7.05 Å². The lowest BCUT2D eigenvalue weighted by atomic mass is 10.1. The van der Waals surface area contributed by atoms with Crippen molar-refractivity contribution in [1.29, 1.82) is 0 Å². The van der Waals surface area contributed by atoms with Crippen molar-refractivity contribution in [2.75, 3.05) is 31.1 Å². The average Bonchev–Trinajstić information content (AvgIpc) is 3.00. The Balaban J connectivity index is 1.44. The molecule has 1 aliphatic heterocycles. The van der Waals surface area contributed by atoms with E-state index >= 15 is 0 Å². The molecule has 1 aliphatic rings. The smallest absolute Gasteiger partial charge is 0.253 e. The maximum absolute atomic E-state index is 13.0. The molecule has 1 saturated heterocycles. The highest BCUT2D eigenvalue weighted by Crippen LogP contribution is 2.21. The Morgan fingerprint density at radius 2 is 1.86 bits per heavy atom. The zero-order valence-corrected chi connectivity index (χ0v) is 16.1. The summed E-state index contributed by atoms with van der Waals surface area (Å²) in [5, 5.41) is 12.0. The maximum atomic E-state index is 13.0. The highest BCUT2D eigenvalue weighted by molar-refractivity contribution is 5.94. The fraction of sp³-hybridized carbons (Fsp3) is 0.350. The third kappa shape index (κ3) is 3.71. The van der Waals surface area contributed by atoms with Crippen molar-refractivity contribution in [2.24, 2.45) is 7.05 Å². The Bertz CT molecular complexity index is 967. The molecule has 2 aromatic heterocycles. The first-order valence-electron chi connectivity index (χ1n) is 9.41. The summed E-state index contributed by atoms with van der Waals surface area (Å²) in [6, 6.07) is 9.46. The summed E-state index contributed by atoms with van der Waals surface area (Å²) in [5.41, 5.74) is 3.89. The minimum atomic E-state index is 0.0620. The number of carbonyl (C=O) groups excluding carboxylic acids is 1. The van der Waals surface area contributed by atoms with Gasteiger partial charge in [-0.3, -0.25) is 9.78 Å². The zero-order chi connectivity index (χ0) is 19.5. The van der Waals surface area contributed by atoms with E-state index in [1.165, 1.54) is 10.5 Å². The third-order valence-corrected chi connectivity index (χ3v) is 5.01. The molecule has 3 aromatic rings. The first kappa shape index (κ1) is 18.1. The van der Waals surface area contributed by atoms with Gasteiger partial charge in [-0.2, -0.15) is 4.80 Å². The molecule has 28 heavy (non-hydrogen) atoms. The summed E-state index contributed by atoms with van der Waals surface area (Å²) >= 11 is 0. The number of amides is 1. The topological polar surface area (TPSA) is 80.0 Å². The normalized spacial score (nSPS) is 14.8. The van der Waals surface area contributed by atoms with E-state index in [1.54, 1.807) is 7.05 Å². The van der Waals surface area contributed by atoms with Gasteiger partial charge in [0.15, 0.2) is 0 Å². The molecule has 0 atom stereocenters. The first-order chi connectivity index (χ1) is 13.6. The van der Waals surface area contributed by atoms with Crippen molar-refractivity contribution in [3.63, 3.8) is 0 Å². The Labute approximate surface area is 163 Å². The van der Waals surface area contributed by atoms with E-state index in [4.69, 9.17) is 0 Å². The number of nitrogens with zero attached hydrogens (tertiary/aromatic N) is 7. The molecule has 1 fully saturated rings. The van der Waals surface area contributed by atoms with Gasteiger partial charge < -0.3 is 9.80 Å². The Morgan fingerprint density at radius 1 is 1.04 bits per heavy atom. The zero-order valence-electron chi connectivity index (χ0n) is 16.1. The van der Waals surface area contributed by atoms with Gasteiger partial charge in [-0.25, -0.2) is 0 Å². The summed E-state index contributed by atoms with van der Waals surface area (Å²) in [4.78, 5) is 22.8. The van der Waals surface area contributed by atoms with Crippen molar-refractivity contribution in [2.45, 2.75) is 13.3 Å². The third-order valence-electron chi connectivity index (χ3n) is 5.01. The first-order valence-corrected chi connectivity index (χ1v) is 9.41. The summed E-state index contributed by atoms with van der Waals surface area (Å²) in [7, 11) is 1.73. The predicted molar refractivity (Wildman–Crippen MR) is 106 cm³/mol. The number of benzene rings is 1. The van der Waals surface area contributed by atoms with Gasteiger partial charge in [0, 0.05) is 55.4 Å². The van der Waals surface area contributed by atoms with Crippen molar-refractivity contribution < 1.29 is 4.79 Å². The van der Waals surface area contributed by atoms with E-state index in [-0.39, 0.29) is 5.91 Å². The van der Waals surface area contributed by atoms with E-state index in [0.29, 0.717) is 17.9 Å². The molecule has 0 saturated carbocycles. The number of anilines is 1. The number of rotatable bonds is 3. The van der Waals surface area contributed by atoms with Gasteiger partial charge >= 0.3 is 0 Å². The van der Waals surface area contributed by atoms with Gasteiger partial charge in [0.1, 0.15) is 0 Å². The molecule has 3 heterocycles. The van der Waals surface area contributed by atoms with Crippen LogP contribution in [0.3, 0.4) is 0 Å². The lowest BCUT2D eigenvalue weighted by Gasteiger charge is -2.25. The van der Waals surface area contributed by atoms with Gasteiger partial charge in [0.25, 0.3) is 5.91 Å². The summed E-state index contributed by atoms with van der Waals surface area (Å²) < 4.78 is 0. The van der Waals surface area contributed by atoms with Crippen LogP contribution in [0, 0.1) is 6.92 Å². The van der Waals surface area contributed by atoms with Crippen LogP contribution >= 0.6 is 0 Å². The van der Waals surface area contributed by atoms with Crippen LogP contribution in [0.15, 0.2) is 42.7 Å². The lowest BCUT2D eigenvalue weighted by molar-refractivity contribution is 0.0767. The Morgan fingerprint density at radius 3 is 2.57 bits per heavy atom. The van der Waals surface area contributed by atoms with E-state index in [1.807, 2.05) is 47.6 Å². The second-order valence-electron chi connectivity index (χ2n) is 6.97. The number of aryl methyl sites for hydroxylation is 2. The monoisotopic (exact) mass is 377 g/mol. The van der Waals surface area contributed by atoms with Crippen LogP contribution in [-0.4, -0.2) is 62.2 Å². The fourth-order valence-electron chi connectivity index (χ4n) is 3.53. The minimum Gasteiger partial charge on any atom is -0.369 e. The molecule has 1 aromatic carbocycles. The molecular weight excluding hydrogens is 354 g/mol. The number of hydrogen-bond donors (Lipinski definition) is 0. The van der Waals surface area contributed by atoms with E-state index in [0.717, 1.165) is 37.2 Å². The largest absolute Gasteiger partial charge is 0.369 e. The van der Waals surface area contributed by atoms with Crippen LogP contribution in [0.5, 0.6) is 0 Å². The van der Waals surface area contributed by atoms with Gasteiger partial charge in [0.05, 0.1) is 7.05 Å². The average molecular weight is 377 g/mol. The molecule has 8 nitrogen and oxygen atoms in total. The van der Waals surface area contributed by atoms with Crippen LogP contribution in [0.25, 0.3) is 11.4 Å². The SMILES string of the molecule is Cc1cnccc1N1CCCN(C(=O)c2ccc(-c3nnn(C)n3)cc2)CC1. The maximum Gasteiger partial charge on any atom is 0.253 e. The highest BCUT2D eigenvalue weighted by atomic mass is 16.2. The molecule has 8 heteroatoms. The lowest BCUT2D eigenvalue weighted by Crippen LogP contribution is -2.35. The van der Waals surface area contributed by atoms with Gasteiger partial charge in [-0.1, -0.05) is 12.1 Å². The predicted octanol–water partition coefficient (Wildman–Crippen LogP) is 1.93. The molecule has 0 N–H and O–H groups in total. The summed E-state index contributed by atoms with van der Waals surface area (Å²) in [6.45, 7) is 5.29. The summed E-state index contributed by atoms with van der Waals surface area (Å²) in [6.07, 6.45) is 4.65. The molecule has 4 rings (SSSR count). The van der Waals surface area contributed by atoms with Crippen molar-refractivity contribution >= 4 is 11.6 Å². The molecule has 144 valence electrons. The minimum absolute atomic E-state index is 0.0620. The molecule has 1 amide bonds. The molecule has 0 bridgehead atoms. The van der Waals surface area contributed by atoms with Crippen molar-refractivity contribution in [3.05, 3.63) is 53.9 Å². The van der Waals surface area contributed by atoms with E-state index in [2.05, 4.69) is 32.2 Å². The molecule has 0 aliphatic carbocycles. The quantitative estimate of drug-likeness (QED) is 0.694. The van der Waals surface area contributed by atoms with Crippen LogP contribution in [0.1, 0.15) is 22.3 Å². The van der Waals surface area contributed by atoms with Crippen LogP contribution < -0.4 is 4.90 Å². The molecule has 0 radical (unpaired) electrons. The van der Waals surface area contributed by atoms with Crippen molar-refractivity contribution in [1.82, 2.24) is 30.1 Å². The summed E-state index contributed by atoms with van der Waals surface area (Å²) in [5.74, 6) is 0.617. The van der Waals surface area contributed by atoms with E-state index in [9.17, 15) is 4.79 Å². The molecular formula is C20H23N7O. The number of hydrogen-bond acceptors (Lipinski definition) is 6. The standard InChI is InChI=1S/C20H23N7O/c1-15-14-21-9-8-18(15)26-10-3-11-27(13-12-26)20(28)17-6-4-16(5-7-17)19-22-24-25(2)23-19/h4-9,14H,3,10-13H2,1-2H3. The van der Waals surface area contributed by atoms with Gasteiger partial charge in [-0.15, -0.1) is 10.2 Å². The second-order valence-corrected chi connectivity index (χ2v) is 6.97. The molecule has 0 unspecified atom stereocenters.